The summed E-state index contributed by atoms with van der Waals surface area (Å²) in [5, 5.41) is 0.403. The first-order valence-corrected chi connectivity index (χ1v) is 12.7. The van der Waals surface area contributed by atoms with E-state index in [9.17, 15) is 17.6 Å². The normalized spacial score (nSPS) is 11.7. The number of amides is 1. The van der Waals surface area contributed by atoms with Gasteiger partial charge in [0.05, 0.1) is 29.8 Å². The van der Waals surface area contributed by atoms with Crippen LogP contribution >= 0.6 is 11.6 Å². The van der Waals surface area contributed by atoms with E-state index in [2.05, 4.69) is 4.98 Å². The Morgan fingerprint density at radius 2 is 1.91 bits per heavy atom. The van der Waals surface area contributed by atoms with Gasteiger partial charge in [0, 0.05) is 18.1 Å². The molecule has 0 radical (unpaired) electrons. The van der Waals surface area contributed by atoms with Gasteiger partial charge in [-0.1, -0.05) is 49.7 Å². The number of carbonyl (C=O) groups excluding carboxylic acids is 1. The molecule has 0 aliphatic rings. The van der Waals surface area contributed by atoms with Crippen LogP contribution in [0.5, 0.6) is 0 Å². The maximum Gasteiger partial charge on any atom is 0.257 e. The van der Waals surface area contributed by atoms with E-state index >= 15 is 0 Å². The minimum atomic E-state index is -3.78. The molecule has 0 saturated carbocycles. The molecule has 0 atom stereocenters. The minimum Gasteiger partial charge on any atom is -0.333 e. The van der Waals surface area contributed by atoms with E-state index in [1.165, 1.54) is 29.3 Å². The summed E-state index contributed by atoms with van der Waals surface area (Å²) in [5.74, 6) is -1.17. The Balaban J connectivity index is 1.94. The van der Waals surface area contributed by atoms with E-state index in [4.69, 9.17) is 11.6 Å². The topological polar surface area (TPSA) is 72.3 Å². The zero-order valence-electron chi connectivity index (χ0n) is 18.8. The maximum atomic E-state index is 14.2. The predicted octanol–water partition coefficient (Wildman–Crippen LogP) is 4.97. The van der Waals surface area contributed by atoms with Gasteiger partial charge in [-0.25, -0.2) is 17.8 Å². The Labute approximate surface area is 198 Å². The summed E-state index contributed by atoms with van der Waals surface area (Å²) in [4.78, 5) is 18.6. The van der Waals surface area contributed by atoms with Gasteiger partial charge < -0.3 is 9.47 Å². The molecule has 0 aliphatic heterocycles. The highest BCUT2D eigenvalue weighted by Crippen LogP contribution is 2.22. The summed E-state index contributed by atoms with van der Waals surface area (Å²) in [6.45, 7) is 6.57. The summed E-state index contributed by atoms with van der Waals surface area (Å²) in [6.07, 6.45) is 1.48. The average Bonchev–Trinajstić information content (AvgIpc) is 3.14. The van der Waals surface area contributed by atoms with Gasteiger partial charge in [-0.3, -0.25) is 4.79 Å². The second-order valence-electron chi connectivity index (χ2n) is 8.22. The predicted molar refractivity (Wildman–Crippen MR) is 126 cm³/mol. The van der Waals surface area contributed by atoms with Crippen LogP contribution in [-0.4, -0.2) is 35.3 Å². The molecule has 176 valence electrons. The van der Waals surface area contributed by atoms with Gasteiger partial charge in [0.1, 0.15) is 5.82 Å². The number of nitrogens with zero attached hydrogens (tertiary/aromatic N) is 3. The van der Waals surface area contributed by atoms with Crippen LogP contribution in [0.4, 0.5) is 4.39 Å². The van der Waals surface area contributed by atoms with Crippen molar-refractivity contribution in [3.05, 3.63) is 82.4 Å². The molecule has 6 nitrogen and oxygen atoms in total. The molecule has 33 heavy (non-hydrogen) atoms. The molecule has 0 fully saturated rings. The molecular weight excluding hydrogens is 465 g/mol. The van der Waals surface area contributed by atoms with Gasteiger partial charge in [-0.15, -0.1) is 0 Å². The van der Waals surface area contributed by atoms with E-state index in [-0.39, 0.29) is 28.9 Å². The number of hydrogen-bond donors (Lipinski definition) is 0. The van der Waals surface area contributed by atoms with E-state index in [0.717, 1.165) is 0 Å². The summed E-state index contributed by atoms with van der Waals surface area (Å²) in [7, 11) is -3.78. The van der Waals surface area contributed by atoms with Crippen LogP contribution in [0.2, 0.25) is 5.02 Å². The molecule has 3 rings (SSSR count). The summed E-state index contributed by atoms with van der Waals surface area (Å²) >= 11 is 6.01. The summed E-state index contributed by atoms with van der Waals surface area (Å²) in [6, 6.07) is 12.5. The number of halogens is 2. The van der Waals surface area contributed by atoms with E-state index in [1.807, 2.05) is 13.8 Å². The number of benzene rings is 2. The fourth-order valence-corrected chi connectivity index (χ4v) is 5.27. The first-order valence-electron chi connectivity index (χ1n) is 10.7. The van der Waals surface area contributed by atoms with Crippen molar-refractivity contribution in [3.63, 3.8) is 0 Å². The molecule has 3 aromatic rings. The van der Waals surface area contributed by atoms with Crippen LogP contribution < -0.4 is 0 Å². The molecule has 1 heterocycles. The monoisotopic (exact) mass is 491 g/mol. The van der Waals surface area contributed by atoms with Crippen LogP contribution in [0.3, 0.4) is 0 Å². The lowest BCUT2D eigenvalue weighted by atomic mass is 10.1. The Morgan fingerprint density at radius 3 is 2.55 bits per heavy atom. The molecule has 1 aromatic heterocycles. The molecule has 9 heteroatoms. The molecule has 0 aliphatic carbocycles. The number of carbonyl (C=O) groups is 1. The zero-order chi connectivity index (χ0) is 24.2. The van der Waals surface area contributed by atoms with E-state index < -0.39 is 21.6 Å². The molecule has 2 aromatic carbocycles. The van der Waals surface area contributed by atoms with Crippen LogP contribution in [0.15, 0.2) is 59.9 Å². The Morgan fingerprint density at radius 1 is 1.18 bits per heavy atom. The Kier molecular flexibility index (Phi) is 7.92. The molecular formula is C24H27ClFN3O3S. The van der Waals surface area contributed by atoms with Crippen molar-refractivity contribution in [1.29, 1.82) is 0 Å². The van der Waals surface area contributed by atoms with Crippen molar-refractivity contribution in [1.82, 2.24) is 14.5 Å². The molecule has 1 amide bonds. The Bertz CT molecular complexity index is 1240. The lowest BCUT2D eigenvalue weighted by Crippen LogP contribution is -2.32. The third kappa shape index (κ3) is 6.00. The fourth-order valence-electron chi connectivity index (χ4n) is 3.57. The van der Waals surface area contributed by atoms with Crippen LogP contribution in [0.25, 0.3) is 0 Å². The van der Waals surface area contributed by atoms with E-state index in [1.54, 1.807) is 41.8 Å². The zero-order valence-corrected chi connectivity index (χ0v) is 20.4. The number of aromatic nitrogens is 2. The second-order valence-corrected chi connectivity index (χ2v) is 10.5. The summed E-state index contributed by atoms with van der Waals surface area (Å²) < 4.78 is 42.3. The van der Waals surface area contributed by atoms with Crippen LogP contribution in [0, 0.1) is 11.7 Å². The van der Waals surface area contributed by atoms with Gasteiger partial charge in [0.2, 0.25) is 15.0 Å². The maximum absolute atomic E-state index is 14.2. The third-order valence-electron chi connectivity index (χ3n) is 5.10. The van der Waals surface area contributed by atoms with Crippen molar-refractivity contribution in [2.24, 2.45) is 5.92 Å². The number of hydrogen-bond acceptors (Lipinski definition) is 4. The molecule has 0 spiro atoms. The smallest absolute Gasteiger partial charge is 0.257 e. The van der Waals surface area contributed by atoms with Crippen molar-refractivity contribution < 1.29 is 17.6 Å². The highest BCUT2D eigenvalue weighted by Gasteiger charge is 2.26. The largest absolute Gasteiger partial charge is 0.333 e. The van der Waals surface area contributed by atoms with Crippen molar-refractivity contribution in [3.8, 4) is 0 Å². The SMILES string of the molecule is CCN(Cc1cnc(S(=O)(=O)Cc2cccc(Cl)c2)n1CC(C)C)C(=O)c1ccccc1F. The second kappa shape index (κ2) is 10.5. The Hall–Kier alpha value is -2.71. The lowest BCUT2D eigenvalue weighted by Gasteiger charge is -2.23. The highest BCUT2D eigenvalue weighted by atomic mass is 35.5. The lowest BCUT2D eigenvalue weighted by molar-refractivity contribution is 0.0743. The quantitative estimate of drug-likeness (QED) is 0.423. The van der Waals surface area contributed by atoms with Crippen molar-refractivity contribution in [2.45, 2.75) is 44.8 Å². The van der Waals surface area contributed by atoms with Crippen molar-refractivity contribution >= 4 is 27.3 Å². The van der Waals surface area contributed by atoms with Crippen LogP contribution in [-0.2, 0) is 28.7 Å². The molecule has 0 unspecified atom stereocenters. The molecule has 0 saturated heterocycles. The summed E-state index contributed by atoms with van der Waals surface area (Å²) in [5.41, 5.74) is 1.11. The fraction of sp³-hybridized carbons (Fsp3) is 0.333. The van der Waals surface area contributed by atoms with Crippen molar-refractivity contribution in [2.75, 3.05) is 6.54 Å². The third-order valence-corrected chi connectivity index (χ3v) is 6.93. The standard InChI is InChI=1S/C24H27ClFN3O3S/c1-4-28(23(30)21-10-5-6-11-22(21)26)15-20-13-27-24(29(20)14-17(2)3)33(31,32)16-18-8-7-9-19(25)12-18/h5-13,17H,4,14-16H2,1-3H3. The first kappa shape index (κ1) is 24.9. The van der Waals surface area contributed by atoms with Gasteiger partial charge in [0.25, 0.3) is 5.91 Å². The number of rotatable bonds is 9. The average molecular weight is 492 g/mol. The van der Waals surface area contributed by atoms with Gasteiger partial charge in [-0.05, 0) is 42.7 Å². The molecule has 0 N–H and O–H groups in total. The number of sulfone groups is 1. The van der Waals surface area contributed by atoms with Gasteiger partial charge in [0.15, 0.2) is 0 Å². The highest BCUT2D eigenvalue weighted by molar-refractivity contribution is 7.90. The number of imidazole rings is 1. The minimum absolute atomic E-state index is 0.0249. The first-order chi connectivity index (χ1) is 15.6. The van der Waals surface area contributed by atoms with Crippen LogP contribution in [0.1, 0.15) is 42.4 Å². The van der Waals surface area contributed by atoms with Gasteiger partial charge >= 0.3 is 0 Å². The van der Waals surface area contributed by atoms with E-state index in [0.29, 0.717) is 29.4 Å². The molecule has 0 bridgehead atoms. The van der Waals surface area contributed by atoms with Gasteiger partial charge in [-0.2, -0.15) is 0 Å².